The fourth-order valence-corrected chi connectivity index (χ4v) is 2.81. The minimum atomic E-state index is -1.29. The van der Waals surface area contributed by atoms with Gasteiger partial charge < -0.3 is 25.8 Å². The number of aliphatic carboxylic acids is 1. The van der Waals surface area contributed by atoms with Gasteiger partial charge in [0.1, 0.15) is 6.04 Å². The number of carbonyl (C=O) groups is 3. The molecule has 1 aliphatic heterocycles. The summed E-state index contributed by atoms with van der Waals surface area (Å²) in [6.07, 6.45) is 2.38. The van der Waals surface area contributed by atoms with E-state index in [1.807, 2.05) is 0 Å². The third-order valence-corrected chi connectivity index (χ3v) is 3.74. The molecule has 8 heteroatoms. The van der Waals surface area contributed by atoms with E-state index in [4.69, 9.17) is 15.6 Å². The van der Waals surface area contributed by atoms with E-state index in [0.717, 1.165) is 19.3 Å². The summed E-state index contributed by atoms with van der Waals surface area (Å²) >= 11 is 0. The van der Waals surface area contributed by atoms with Crippen LogP contribution in [-0.4, -0.2) is 59.3 Å². The van der Waals surface area contributed by atoms with E-state index in [1.54, 1.807) is 4.90 Å². The quantitative estimate of drug-likeness (QED) is 0.629. The van der Waals surface area contributed by atoms with Gasteiger partial charge >= 0.3 is 12.0 Å². The average molecular weight is 285 g/mol. The van der Waals surface area contributed by atoms with Crippen LogP contribution in [0.15, 0.2) is 0 Å². The van der Waals surface area contributed by atoms with Gasteiger partial charge in [0.25, 0.3) is 0 Å². The molecule has 3 atom stereocenters. The Kier molecular flexibility index (Phi) is 4.43. The highest BCUT2D eigenvalue weighted by atomic mass is 16.5. The van der Waals surface area contributed by atoms with Gasteiger partial charge in [-0.05, 0) is 19.3 Å². The molecular formula is C12H19N3O5. The third kappa shape index (κ3) is 3.19. The van der Waals surface area contributed by atoms with E-state index in [-0.39, 0.29) is 12.1 Å². The fourth-order valence-electron chi connectivity index (χ4n) is 2.81. The van der Waals surface area contributed by atoms with Crippen molar-refractivity contribution in [3.8, 4) is 0 Å². The first-order valence-electron chi connectivity index (χ1n) is 6.69. The Balaban J connectivity index is 1.98. The molecule has 4 N–H and O–H groups in total. The lowest BCUT2D eigenvalue weighted by Gasteiger charge is -2.38. The fraction of sp³-hybridized carbons (Fsp3) is 0.750. The third-order valence-electron chi connectivity index (χ3n) is 3.74. The van der Waals surface area contributed by atoms with Crippen molar-refractivity contribution >= 4 is 17.9 Å². The first-order valence-corrected chi connectivity index (χ1v) is 6.69. The van der Waals surface area contributed by atoms with Crippen LogP contribution in [0.4, 0.5) is 4.79 Å². The van der Waals surface area contributed by atoms with Crippen LogP contribution in [0.1, 0.15) is 25.7 Å². The summed E-state index contributed by atoms with van der Waals surface area (Å²) in [7, 11) is 0. The minimum Gasteiger partial charge on any atom is -0.480 e. The highest BCUT2D eigenvalue weighted by Gasteiger charge is 2.39. The topological polar surface area (TPSA) is 122 Å². The molecule has 0 aromatic rings. The zero-order valence-electron chi connectivity index (χ0n) is 11.1. The first-order chi connectivity index (χ1) is 9.49. The number of morpholine rings is 1. The number of nitrogens with one attached hydrogen (secondary N) is 1. The number of carbonyl (C=O) groups excluding carboxylic acids is 2. The molecule has 0 aromatic heterocycles. The molecule has 1 saturated carbocycles. The van der Waals surface area contributed by atoms with Crippen LogP contribution in [0.2, 0.25) is 0 Å². The molecule has 0 radical (unpaired) electrons. The lowest BCUT2D eigenvalue weighted by molar-refractivity contribution is -0.141. The summed E-state index contributed by atoms with van der Waals surface area (Å²) in [6, 6.07) is -1.77. The highest BCUT2D eigenvalue weighted by molar-refractivity contribution is 5.87. The number of primary amides is 1. The van der Waals surface area contributed by atoms with Crippen LogP contribution >= 0.6 is 0 Å². The molecule has 1 heterocycles. The molecule has 0 aromatic carbocycles. The Morgan fingerprint density at radius 2 is 2.15 bits per heavy atom. The number of ether oxygens (including phenoxy) is 1. The van der Waals surface area contributed by atoms with Crippen molar-refractivity contribution in [2.24, 2.45) is 5.73 Å². The molecule has 2 rings (SSSR count). The summed E-state index contributed by atoms with van der Waals surface area (Å²) < 4.78 is 5.59. The lowest BCUT2D eigenvalue weighted by Crippen LogP contribution is -2.57. The lowest BCUT2D eigenvalue weighted by atomic mass is 10.1. The number of urea groups is 1. The molecule has 1 aliphatic carbocycles. The van der Waals surface area contributed by atoms with Crippen LogP contribution in [0.25, 0.3) is 0 Å². The second-order valence-corrected chi connectivity index (χ2v) is 5.11. The van der Waals surface area contributed by atoms with Gasteiger partial charge in [0.2, 0.25) is 5.91 Å². The molecule has 0 spiro atoms. The molecule has 20 heavy (non-hydrogen) atoms. The second kappa shape index (κ2) is 6.08. The minimum absolute atomic E-state index is 0.00762. The molecule has 1 saturated heterocycles. The van der Waals surface area contributed by atoms with Gasteiger partial charge in [0.05, 0.1) is 25.2 Å². The van der Waals surface area contributed by atoms with E-state index in [2.05, 4.69) is 5.32 Å². The Morgan fingerprint density at radius 3 is 2.80 bits per heavy atom. The number of amides is 3. The Labute approximate surface area is 116 Å². The molecule has 2 aliphatic rings. The van der Waals surface area contributed by atoms with Crippen LogP contribution in [0, 0.1) is 0 Å². The van der Waals surface area contributed by atoms with Crippen LogP contribution in [0.5, 0.6) is 0 Å². The van der Waals surface area contributed by atoms with Crippen molar-refractivity contribution in [1.82, 2.24) is 10.2 Å². The van der Waals surface area contributed by atoms with E-state index in [9.17, 15) is 14.4 Å². The van der Waals surface area contributed by atoms with Gasteiger partial charge in [-0.2, -0.15) is 0 Å². The van der Waals surface area contributed by atoms with Gasteiger partial charge in [-0.15, -0.1) is 0 Å². The maximum Gasteiger partial charge on any atom is 0.326 e. The van der Waals surface area contributed by atoms with Gasteiger partial charge in [0, 0.05) is 6.54 Å². The number of nitrogens with zero attached hydrogens (tertiary/aromatic N) is 1. The second-order valence-electron chi connectivity index (χ2n) is 5.11. The highest BCUT2D eigenvalue weighted by Crippen LogP contribution is 2.29. The predicted molar refractivity (Wildman–Crippen MR) is 67.9 cm³/mol. The SMILES string of the molecule is NC(=O)C[C@@H](NC(=O)N1CCOC2CCCC21)C(=O)O. The van der Waals surface area contributed by atoms with Crippen molar-refractivity contribution in [2.75, 3.05) is 13.2 Å². The predicted octanol–water partition coefficient (Wildman–Crippen LogP) is -0.722. The monoisotopic (exact) mass is 285 g/mol. The summed E-state index contributed by atoms with van der Waals surface area (Å²) in [5.41, 5.74) is 4.98. The zero-order valence-corrected chi connectivity index (χ0v) is 11.1. The average Bonchev–Trinajstić information content (AvgIpc) is 2.84. The van der Waals surface area contributed by atoms with Gasteiger partial charge in [-0.25, -0.2) is 9.59 Å². The maximum atomic E-state index is 12.2. The van der Waals surface area contributed by atoms with Crippen molar-refractivity contribution in [3.63, 3.8) is 0 Å². The Bertz CT molecular complexity index is 414. The molecular weight excluding hydrogens is 266 g/mol. The van der Waals surface area contributed by atoms with Crippen LogP contribution < -0.4 is 11.1 Å². The Morgan fingerprint density at radius 1 is 1.40 bits per heavy atom. The van der Waals surface area contributed by atoms with Crippen molar-refractivity contribution < 1.29 is 24.2 Å². The molecule has 3 amide bonds. The molecule has 112 valence electrons. The largest absolute Gasteiger partial charge is 0.480 e. The first kappa shape index (κ1) is 14.6. The molecule has 2 fully saturated rings. The van der Waals surface area contributed by atoms with Crippen LogP contribution in [0.3, 0.4) is 0 Å². The van der Waals surface area contributed by atoms with Crippen molar-refractivity contribution in [1.29, 1.82) is 0 Å². The molecule has 0 bridgehead atoms. The van der Waals surface area contributed by atoms with Crippen molar-refractivity contribution in [2.45, 2.75) is 43.9 Å². The summed E-state index contributed by atoms with van der Waals surface area (Å²) in [4.78, 5) is 35.6. The number of carboxylic acid groups (broad SMARTS) is 1. The number of fused-ring (bicyclic) bond motifs is 1. The van der Waals surface area contributed by atoms with Gasteiger partial charge in [-0.1, -0.05) is 0 Å². The number of hydrogen-bond acceptors (Lipinski definition) is 4. The summed E-state index contributed by atoms with van der Waals surface area (Å²) in [5.74, 6) is -2.04. The molecule has 8 nitrogen and oxygen atoms in total. The standard InChI is InChI=1S/C12H19N3O5/c13-10(16)6-7(11(17)18)14-12(19)15-4-5-20-9-3-1-2-8(9)15/h7-9H,1-6H2,(H2,13,16)(H,14,19)(H,17,18)/t7-,8?,9?/m1/s1. The van der Waals surface area contributed by atoms with Gasteiger partial charge in [0.15, 0.2) is 0 Å². The van der Waals surface area contributed by atoms with E-state index < -0.39 is 30.4 Å². The van der Waals surface area contributed by atoms with Crippen LogP contribution in [-0.2, 0) is 14.3 Å². The zero-order chi connectivity index (χ0) is 14.7. The molecule has 2 unspecified atom stereocenters. The summed E-state index contributed by atoms with van der Waals surface area (Å²) in [6.45, 7) is 0.873. The summed E-state index contributed by atoms with van der Waals surface area (Å²) in [5, 5.41) is 11.4. The Hall–Kier alpha value is -1.83. The van der Waals surface area contributed by atoms with E-state index >= 15 is 0 Å². The smallest absolute Gasteiger partial charge is 0.326 e. The van der Waals surface area contributed by atoms with E-state index in [0.29, 0.717) is 13.2 Å². The maximum absolute atomic E-state index is 12.2. The van der Waals surface area contributed by atoms with Crippen molar-refractivity contribution in [3.05, 3.63) is 0 Å². The number of carboxylic acids is 1. The number of nitrogens with two attached hydrogens (primary N) is 1. The number of hydrogen-bond donors (Lipinski definition) is 3. The van der Waals surface area contributed by atoms with E-state index in [1.165, 1.54) is 0 Å². The normalized spacial score (nSPS) is 26.7. The number of rotatable bonds is 4. The van der Waals surface area contributed by atoms with Gasteiger partial charge in [-0.3, -0.25) is 4.79 Å².